The molecule has 0 saturated heterocycles. The fourth-order valence-corrected chi connectivity index (χ4v) is 3.04. The molecular formula is C18H25FO2. The highest BCUT2D eigenvalue weighted by atomic mass is 19.1. The van der Waals surface area contributed by atoms with Gasteiger partial charge in [-0.25, -0.2) is 4.39 Å². The van der Waals surface area contributed by atoms with Crippen LogP contribution in [0.15, 0.2) is 18.2 Å². The molecule has 2 rings (SSSR count). The molecule has 0 aliphatic heterocycles. The Morgan fingerprint density at radius 2 is 1.86 bits per heavy atom. The highest BCUT2D eigenvalue weighted by Gasteiger charge is 2.44. The van der Waals surface area contributed by atoms with E-state index in [4.69, 9.17) is 4.74 Å². The number of carbonyl (C=O) groups excluding carboxylic acids is 1. The van der Waals surface area contributed by atoms with Crippen molar-refractivity contribution < 1.29 is 13.9 Å². The van der Waals surface area contributed by atoms with Gasteiger partial charge in [-0.1, -0.05) is 26.0 Å². The van der Waals surface area contributed by atoms with Crippen molar-refractivity contribution in [3.05, 3.63) is 35.1 Å². The summed E-state index contributed by atoms with van der Waals surface area (Å²) in [6, 6.07) is 4.72. The van der Waals surface area contributed by atoms with Gasteiger partial charge in [-0.05, 0) is 56.6 Å². The molecule has 21 heavy (non-hydrogen) atoms. The molecule has 3 heteroatoms. The van der Waals surface area contributed by atoms with Gasteiger partial charge in [0.15, 0.2) is 5.78 Å². The maximum Gasteiger partial charge on any atom is 0.194 e. The topological polar surface area (TPSA) is 26.3 Å². The van der Waals surface area contributed by atoms with Crippen LogP contribution < -0.4 is 0 Å². The Morgan fingerprint density at radius 3 is 2.38 bits per heavy atom. The lowest BCUT2D eigenvalue weighted by Crippen LogP contribution is -2.46. The number of ketones is 1. The number of Topliss-reactive ketones (excluding diaryl/α,β-unsaturated/α-hetero) is 1. The fourth-order valence-electron chi connectivity index (χ4n) is 3.04. The molecule has 1 aromatic carbocycles. The van der Waals surface area contributed by atoms with Gasteiger partial charge in [-0.3, -0.25) is 4.79 Å². The lowest BCUT2D eigenvalue weighted by atomic mass is 9.68. The van der Waals surface area contributed by atoms with Crippen molar-refractivity contribution in [2.24, 2.45) is 5.41 Å². The van der Waals surface area contributed by atoms with E-state index in [1.807, 2.05) is 6.92 Å². The van der Waals surface area contributed by atoms with E-state index in [1.54, 1.807) is 19.1 Å². The molecule has 1 aliphatic rings. The minimum absolute atomic E-state index is 0.0706. The Labute approximate surface area is 126 Å². The molecule has 1 saturated carbocycles. The summed E-state index contributed by atoms with van der Waals surface area (Å²) in [5, 5.41) is 0. The van der Waals surface area contributed by atoms with Crippen LogP contribution in [0.5, 0.6) is 0 Å². The zero-order valence-corrected chi connectivity index (χ0v) is 13.5. The molecule has 0 bridgehead atoms. The SMILES string of the molecule is CCOC1(C(=O)c2ccc(C)c(F)c2)CCC(C)(C)CC1. The Bertz CT molecular complexity index is 524. The van der Waals surface area contributed by atoms with E-state index in [-0.39, 0.29) is 17.0 Å². The molecular weight excluding hydrogens is 267 g/mol. The van der Waals surface area contributed by atoms with Crippen molar-refractivity contribution in [3.63, 3.8) is 0 Å². The molecule has 0 heterocycles. The standard InChI is InChI=1S/C18H25FO2/c1-5-21-18(10-8-17(3,4)9-11-18)16(20)14-7-6-13(2)15(19)12-14/h6-7,12H,5,8-11H2,1-4H3. The van der Waals surface area contributed by atoms with Gasteiger partial charge >= 0.3 is 0 Å². The average molecular weight is 292 g/mol. The van der Waals surface area contributed by atoms with Gasteiger partial charge in [0.1, 0.15) is 11.4 Å². The first kappa shape index (κ1) is 16.2. The number of ether oxygens (including phenoxy) is 1. The first-order valence-corrected chi connectivity index (χ1v) is 7.75. The number of rotatable bonds is 4. The number of aryl methyl sites for hydroxylation is 1. The smallest absolute Gasteiger partial charge is 0.194 e. The molecule has 1 aliphatic carbocycles. The van der Waals surface area contributed by atoms with Gasteiger partial charge in [-0.2, -0.15) is 0 Å². The number of benzene rings is 1. The largest absolute Gasteiger partial charge is 0.367 e. The third-order valence-electron chi connectivity index (χ3n) is 4.68. The molecule has 1 aromatic rings. The summed E-state index contributed by atoms with van der Waals surface area (Å²) >= 11 is 0. The Balaban J connectivity index is 2.29. The highest BCUT2D eigenvalue weighted by Crippen LogP contribution is 2.43. The maximum absolute atomic E-state index is 13.7. The minimum Gasteiger partial charge on any atom is -0.367 e. The summed E-state index contributed by atoms with van der Waals surface area (Å²) in [6.07, 6.45) is 3.32. The number of carbonyl (C=O) groups is 1. The van der Waals surface area contributed by atoms with Crippen LogP contribution in [0.3, 0.4) is 0 Å². The van der Waals surface area contributed by atoms with Gasteiger partial charge in [-0.15, -0.1) is 0 Å². The molecule has 116 valence electrons. The normalized spacial score (nSPS) is 20.2. The summed E-state index contributed by atoms with van der Waals surface area (Å²) in [5.41, 5.74) is 0.457. The molecule has 0 unspecified atom stereocenters. The number of hydrogen-bond donors (Lipinski definition) is 0. The van der Waals surface area contributed by atoms with Crippen molar-refractivity contribution in [2.75, 3.05) is 6.61 Å². The summed E-state index contributed by atoms with van der Waals surface area (Å²) in [5.74, 6) is -0.401. The van der Waals surface area contributed by atoms with E-state index in [0.29, 0.717) is 30.6 Å². The van der Waals surface area contributed by atoms with E-state index in [2.05, 4.69) is 13.8 Å². The van der Waals surface area contributed by atoms with Crippen molar-refractivity contribution in [2.45, 2.75) is 59.0 Å². The maximum atomic E-state index is 13.7. The van der Waals surface area contributed by atoms with Gasteiger partial charge < -0.3 is 4.74 Å². The van der Waals surface area contributed by atoms with Crippen LogP contribution in [-0.2, 0) is 4.74 Å². The average Bonchev–Trinajstić information content (AvgIpc) is 2.44. The van der Waals surface area contributed by atoms with Crippen molar-refractivity contribution in [3.8, 4) is 0 Å². The number of hydrogen-bond acceptors (Lipinski definition) is 2. The van der Waals surface area contributed by atoms with Crippen LogP contribution in [0, 0.1) is 18.2 Å². The number of halogens is 1. The third kappa shape index (κ3) is 3.34. The molecule has 0 amide bonds. The summed E-state index contributed by atoms with van der Waals surface area (Å²) in [4.78, 5) is 12.9. The fraction of sp³-hybridized carbons (Fsp3) is 0.611. The monoisotopic (exact) mass is 292 g/mol. The van der Waals surface area contributed by atoms with E-state index in [0.717, 1.165) is 12.8 Å². The van der Waals surface area contributed by atoms with Crippen LogP contribution in [0.1, 0.15) is 62.4 Å². The Hall–Kier alpha value is -1.22. The first-order valence-electron chi connectivity index (χ1n) is 7.75. The van der Waals surface area contributed by atoms with E-state index >= 15 is 0 Å². The molecule has 0 N–H and O–H groups in total. The van der Waals surface area contributed by atoms with Gasteiger partial charge in [0, 0.05) is 12.2 Å². The molecule has 0 aromatic heterocycles. The van der Waals surface area contributed by atoms with E-state index < -0.39 is 5.60 Å². The van der Waals surface area contributed by atoms with Crippen molar-refractivity contribution >= 4 is 5.78 Å². The summed E-state index contributed by atoms with van der Waals surface area (Å²) in [7, 11) is 0. The Kier molecular flexibility index (Phi) is 4.52. The predicted molar refractivity (Wildman–Crippen MR) is 82.1 cm³/mol. The van der Waals surface area contributed by atoms with Gasteiger partial charge in [0.25, 0.3) is 0 Å². The van der Waals surface area contributed by atoms with Crippen LogP contribution in [0.2, 0.25) is 0 Å². The minimum atomic E-state index is -0.772. The van der Waals surface area contributed by atoms with Crippen LogP contribution in [0.4, 0.5) is 4.39 Å². The van der Waals surface area contributed by atoms with Crippen LogP contribution >= 0.6 is 0 Å². The molecule has 1 fully saturated rings. The van der Waals surface area contributed by atoms with E-state index in [9.17, 15) is 9.18 Å². The second-order valence-corrected chi connectivity index (χ2v) is 6.88. The molecule has 0 atom stereocenters. The Morgan fingerprint density at radius 1 is 1.24 bits per heavy atom. The lowest BCUT2D eigenvalue weighted by Gasteiger charge is -2.42. The predicted octanol–water partition coefficient (Wildman–Crippen LogP) is 4.69. The zero-order chi connectivity index (χ0) is 15.7. The lowest BCUT2D eigenvalue weighted by molar-refractivity contribution is -0.0580. The van der Waals surface area contributed by atoms with Crippen molar-refractivity contribution in [1.82, 2.24) is 0 Å². The van der Waals surface area contributed by atoms with Crippen LogP contribution in [-0.4, -0.2) is 18.0 Å². The van der Waals surface area contributed by atoms with E-state index in [1.165, 1.54) is 6.07 Å². The third-order valence-corrected chi connectivity index (χ3v) is 4.68. The highest BCUT2D eigenvalue weighted by molar-refractivity contribution is 6.02. The summed E-state index contributed by atoms with van der Waals surface area (Å²) < 4.78 is 19.6. The molecule has 2 nitrogen and oxygen atoms in total. The quantitative estimate of drug-likeness (QED) is 0.752. The van der Waals surface area contributed by atoms with Crippen molar-refractivity contribution in [1.29, 1.82) is 0 Å². The van der Waals surface area contributed by atoms with Crippen LogP contribution in [0.25, 0.3) is 0 Å². The second-order valence-electron chi connectivity index (χ2n) is 6.88. The summed E-state index contributed by atoms with van der Waals surface area (Å²) in [6.45, 7) is 8.55. The second kappa shape index (κ2) is 5.88. The first-order chi connectivity index (χ1) is 9.80. The molecule has 0 spiro atoms. The zero-order valence-electron chi connectivity index (χ0n) is 13.5. The van der Waals surface area contributed by atoms with Gasteiger partial charge in [0.2, 0.25) is 0 Å². The van der Waals surface area contributed by atoms with Gasteiger partial charge in [0.05, 0.1) is 0 Å². The molecule has 0 radical (unpaired) electrons.